The van der Waals surface area contributed by atoms with Crippen LogP contribution in [0.4, 0.5) is 0 Å². The second kappa shape index (κ2) is 6.92. The maximum atomic E-state index is 11.7. The number of benzene rings is 1. The zero-order valence-electron chi connectivity index (χ0n) is 11.1. The number of nitrogens with one attached hydrogen (secondary N) is 1. The summed E-state index contributed by atoms with van der Waals surface area (Å²) in [5.41, 5.74) is -0.877. The standard InChI is InChI=1S/C14H18ClNO4/c15-11-3-1-2-4-12(11)20-9-13(17)16-10-14(18)5-7-19-8-6-14/h1-4,18H,5-10H2,(H,16,17). The Kier molecular flexibility index (Phi) is 5.23. The van der Waals surface area contributed by atoms with Crippen LogP contribution in [-0.4, -0.2) is 43.0 Å². The van der Waals surface area contributed by atoms with Crippen molar-refractivity contribution in [3.8, 4) is 5.75 Å². The lowest BCUT2D eigenvalue weighted by molar-refractivity contribution is -0.125. The Labute approximate surface area is 122 Å². The first-order valence-corrected chi connectivity index (χ1v) is 6.91. The minimum absolute atomic E-state index is 0.129. The third-order valence-electron chi connectivity index (χ3n) is 3.23. The number of carbonyl (C=O) groups excluding carboxylic acids is 1. The molecule has 0 atom stereocenters. The van der Waals surface area contributed by atoms with Gasteiger partial charge >= 0.3 is 0 Å². The predicted octanol–water partition coefficient (Wildman–Crippen LogP) is 1.38. The molecule has 2 rings (SSSR count). The summed E-state index contributed by atoms with van der Waals surface area (Å²) in [7, 11) is 0. The first-order chi connectivity index (χ1) is 9.59. The van der Waals surface area contributed by atoms with Crippen LogP contribution < -0.4 is 10.1 Å². The van der Waals surface area contributed by atoms with Crippen LogP contribution in [0.1, 0.15) is 12.8 Å². The van der Waals surface area contributed by atoms with Crippen molar-refractivity contribution in [2.24, 2.45) is 0 Å². The fourth-order valence-corrected chi connectivity index (χ4v) is 2.14. The van der Waals surface area contributed by atoms with Gasteiger partial charge in [0.25, 0.3) is 5.91 Å². The number of hydrogen-bond donors (Lipinski definition) is 2. The van der Waals surface area contributed by atoms with E-state index in [1.807, 2.05) is 0 Å². The molecule has 1 aromatic carbocycles. The Morgan fingerprint density at radius 2 is 2.10 bits per heavy atom. The summed E-state index contributed by atoms with van der Waals surface area (Å²) < 4.78 is 10.5. The molecule has 0 spiro atoms. The molecule has 1 saturated heterocycles. The molecule has 1 heterocycles. The number of ether oxygens (including phenoxy) is 2. The molecule has 0 aliphatic carbocycles. The Morgan fingerprint density at radius 3 is 2.80 bits per heavy atom. The van der Waals surface area contributed by atoms with Gasteiger partial charge in [0.1, 0.15) is 5.75 Å². The van der Waals surface area contributed by atoms with Crippen molar-refractivity contribution in [1.82, 2.24) is 5.32 Å². The lowest BCUT2D eigenvalue weighted by Crippen LogP contribution is -2.47. The molecule has 0 bridgehead atoms. The highest BCUT2D eigenvalue weighted by atomic mass is 35.5. The van der Waals surface area contributed by atoms with Gasteiger partial charge in [0.15, 0.2) is 6.61 Å². The number of hydrogen-bond acceptors (Lipinski definition) is 4. The maximum absolute atomic E-state index is 11.7. The lowest BCUT2D eigenvalue weighted by Gasteiger charge is -2.32. The van der Waals surface area contributed by atoms with E-state index in [1.165, 1.54) is 0 Å². The van der Waals surface area contributed by atoms with Gasteiger partial charge < -0.3 is 19.9 Å². The number of rotatable bonds is 5. The summed E-state index contributed by atoms with van der Waals surface area (Å²) in [4.78, 5) is 11.7. The van der Waals surface area contributed by atoms with E-state index in [-0.39, 0.29) is 19.1 Å². The molecular formula is C14H18ClNO4. The average Bonchev–Trinajstić information content (AvgIpc) is 2.45. The highest BCUT2D eigenvalue weighted by molar-refractivity contribution is 6.32. The molecule has 0 radical (unpaired) electrons. The normalized spacial score (nSPS) is 17.5. The summed E-state index contributed by atoms with van der Waals surface area (Å²) in [6.07, 6.45) is 1.05. The van der Waals surface area contributed by atoms with Crippen LogP contribution in [0.15, 0.2) is 24.3 Å². The monoisotopic (exact) mass is 299 g/mol. The molecule has 110 valence electrons. The van der Waals surface area contributed by atoms with Crippen LogP contribution in [0.5, 0.6) is 5.75 Å². The van der Waals surface area contributed by atoms with E-state index in [2.05, 4.69) is 5.32 Å². The first kappa shape index (κ1) is 15.1. The average molecular weight is 300 g/mol. The smallest absolute Gasteiger partial charge is 0.258 e. The SMILES string of the molecule is O=C(COc1ccccc1Cl)NCC1(O)CCOCC1. The van der Waals surface area contributed by atoms with Crippen molar-refractivity contribution >= 4 is 17.5 Å². The van der Waals surface area contributed by atoms with Gasteiger partial charge in [0.05, 0.1) is 10.6 Å². The summed E-state index contributed by atoms with van der Waals surface area (Å²) >= 11 is 5.92. The number of halogens is 1. The Hall–Kier alpha value is -1.30. The van der Waals surface area contributed by atoms with Crippen LogP contribution >= 0.6 is 11.6 Å². The quantitative estimate of drug-likeness (QED) is 0.862. The zero-order valence-corrected chi connectivity index (χ0v) is 11.9. The van der Waals surface area contributed by atoms with E-state index in [9.17, 15) is 9.90 Å². The first-order valence-electron chi connectivity index (χ1n) is 6.53. The molecule has 1 aliphatic rings. The molecule has 20 heavy (non-hydrogen) atoms. The molecule has 2 N–H and O–H groups in total. The highest BCUT2D eigenvalue weighted by Crippen LogP contribution is 2.23. The summed E-state index contributed by atoms with van der Waals surface area (Å²) in [6.45, 7) is 1.11. The van der Waals surface area contributed by atoms with Gasteiger partial charge in [0.2, 0.25) is 0 Å². The van der Waals surface area contributed by atoms with Crippen molar-refractivity contribution in [3.05, 3.63) is 29.3 Å². The molecule has 5 nitrogen and oxygen atoms in total. The molecule has 1 amide bonds. The van der Waals surface area contributed by atoms with Gasteiger partial charge in [-0.3, -0.25) is 4.79 Å². The third kappa shape index (κ3) is 4.37. The van der Waals surface area contributed by atoms with Gasteiger partial charge in [-0.2, -0.15) is 0 Å². The Morgan fingerprint density at radius 1 is 1.40 bits per heavy atom. The fourth-order valence-electron chi connectivity index (χ4n) is 1.95. The highest BCUT2D eigenvalue weighted by Gasteiger charge is 2.30. The molecule has 1 fully saturated rings. The number of para-hydroxylation sites is 1. The molecule has 0 unspecified atom stereocenters. The zero-order chi connectivity index (χ0) is 14.4. The van der Waals surface area contributed by atoms with Crippen LogP contribution in [0.3, 0.4) is 0 Å². The topological polar surface area (TPSA) is 67.8 Å². The van der Waals surface area contributed by atoms with Crippen molar-refractivity contribution in [3.63, 3.8) is 0 Å². The van der Waals surface area contributed by atoms with Crippen molar-refractivity contribution in [2.45, 2.75) is 18.4 Å². The van der Waals surface area contributed by atoms with E-state index >= 15 is 0 Å². The minimum Gasteiger partial charge on any atom is -0.482 e. The third-order valence-corrected chi connectivity index (χ3v) is 3.55. The van der Waals surface area contributed by atoms with Crippen molar-refractivity contribution in [2.75, 3.05) is 26.4 Å². The molecule has 0 saturated carbocycles. The van der Waals surface area contributed by atoms with Gasteiger partial charge in [-0.25, -0.2) is 0 Å². The van der Waals surface area contributed by atoms with E-state index in [4.69, 9.17) is 21.1 Å². The molecule has 1 aliphatic heterocycles. The summed E-state index contributed by atoms with van der Waals surface area (Å²) in [5.74, 6) is 0.180. The Balaban J connectivity index is 1.74. The number of amides is 1. The number of aliphatic hydroxyl groups is 1. The molecule has 0 aromatic heterocycles. The Bertz CT molecular complexity index is 460. The van der Waals surface area contributed by atoms with Crippen LogP contribution in [0.25, 0.3) is 0 Å². The van der Waals surface area contributed by atoms with Crippen LogP contribution in [-0.2, 0) is 9.53 Å². The van der Waals surface area contributed by atoms with Crippen LogP contribution in [0.2, 0.25) is 5.02 Å². The predicted molar refractivity (Wildman–Crippen MR) is 75.0 cm³/mol. The number of carbonyl (C=O) groups is 1. The molecule has 1 aromatic rings. The van der Waals surface area contributed by atoms with E-state index in [0.717, 1.165) is 0 Å². The second-order valence-electron chi connectivity index (χ2n) is 4.83. The maximum Gasteiger partial charge on any atom is 0.258 e. The molecule has 6 heteroatoms. The summed E-state index contributed by atoms with van der Waals surface area (Å²) in [6, 6.07) is 6.96. The second-order valence-corrected chi connectivity index (χ2v) is 5.24. The van der Waals surface area contributed by atoms with Gasteiger partial charge in [-0.15, -0.1) is 0 Å². The van der Waals surface area contributed by atoms with Crippen molar-refractivity contribution in [1.29, 1.82) is 0 Å². The largest absolute Gasteiger partial charge is 0.482 e. The molecular weight excluding hydrogens is 282 g/mol. The fraction of sp³-hybridized carbons (Fsp3) is 0.500. The van der Waals surface area contributed by atoms with Gasteiger partial charge in [-0.1, -0.05) is 23.7 Å². The lowest BCUT2D eigenvalue weighted by atomic mass is 9.94. The van der Waals surface area contributed by atoms with Crippen LogP contribution in [0, 0.1) is 0 Å². The van der Waals surface area contributed by atoms with Crippen molar-refractivity contribution < 1.29 is 19.4 Å². The van der Waals surface area contributed by atoms with E-state index in [1.54, 1.807) is 24.3 Å². The van der Waals surface area contributed by atoms with Gasteiger partial charge in [0, 0.05) is 32.6 Å². The minimum atomic E-state index is -0.877. The van der Waals surface area contributed by atoms with E-state index in [0.29, 0.717) is 36.8 Å². The summed E-state index contributed by atoms with van der Waals surface area (Å²) in [5, 5.41) is 13.3. The van der Waals surface area contributed by atoms with E-state index < -0.39 is 5.60 Å². The van der Waals surface area contributed by atoms with Gasteiger partial charge in [-0.05, 0) is 12.1 Å².